The maximum atomic E-state index is 11.7. The molecule has 0 atom stereocenters. The van der Waals surface area contributed by atoms with Crippen molar-refractivity contribution in [3.8, 4) is 0 Å². The predicted octanol–water partition coefficient (Wildman–Crippen LogP) is 2.27. The molecule has 1 aromatic carbocycles. The van der Waals surface area contributed by atoms with Crippen LogP contribution in [-0.4, -0.2) is 41.1 Å². The Bertz CT molecular complexity index is 549. The maximum Gasteiger partial charge on any atom is 0.335 e. The zero-order valence-corrected chi connectivity index (χ0v) is 12.8. The summed E-state index contributed by atoms with van der Waals surface area (Å²) in [5, 5.41) is 11.6. The molecule has 0 fully saturated rings. The molecule has 0 spiro atoms. The molecule has 2 N–H and O–H groups in total. The molecule has 1 aromatic rings. The number of anilines is 1. The lowest BCUT2D eigenvalue weighted by atomic mass is 10.2. The number of esters is 1. The molecule has 21 heavy (non-hydrogen) atoms. The summed E-state index contributed by atoms with van der Waals surface area (Å²) < 4.78 is 4.73. The Balaban J connectivity index is 2.53. The van der Waals surface area contributed by atoms with Gasteiger partial charge in [0.15, 0.2) is 0 Å². The smallest absolute Gasteiger partial charge is 0.335 e. The average molecular weight is 332 g/mol. The summed E-state index contributed by atoms with van der Waals surface area (Å²) in [6, 6.07) is 4.01. The number of thioether (sulfide) groups is 1. The van der Waals surface area contributed by atoms with E-state index in [1.165, 1.54) is 18.2 Å². The van der Waals surface area contributed by atoms with Crippen molar-refractivity contribution in [3.63, 3.8) is 0 Å². The van der Waals surface area contributed by atoms with Crippen LogP contribution in [0.2, 0.25) is 5.02 Å². The van der Waals surface area contributed by atoms with Gasteiger partial charge >= 0.3 is 11.9 Å². The normalized spacial score (nSPS) is 10.0. The minimum absolute atomic E-state index is 0.0221. The van der Waals surface area contributed by atoms with Crippen LogP contribution in [0.4, 0.5) is 5.69 Å². The van der Waals surface area contributed by atoms with Crippen LogP contribution in [0.5, 0.6) is 0 Å². The molecule has 1 rings (SSSR count). The minimum atomic E-state index is -1.11. The van der Waals surface area contributed by atoms with E-state index in [2.05, 4.69) is 5.32 Å². The number of rotatable bonds is 7. The summed E-state index contributed by atoms with van der Waals surface area (Å²) in [5.74, 6) is -1.77. The number of nitrogens with one attached hydrogen (secondary N) is 1. The topological polar surface area (TPSA) is 92.7 Å². The van der Waals surface area contributed by atoms with E-state index in [1.54, 1.807) is 6.92 Å². The van der Waals surface area contributed by atoms with Crippen molar-refractivity contribution in [2.45, 2.75) is 6.92 Å². The molecule has 0 aromatic heterocycles. The van der Waals surface area contributed by atoms with Crippen LogP contribution in [0.1, 0.15) is 17.3 Å². The zero-order chi connectivity index (χ0) is 15.8. The van der Waals surface area contributed by atoms with Crippen molar-refractivity contribution in [3.05, 3.63) is 28.8 Å². The maximum absolute atomic E-state index is 11.7. The molecule has 0 aliphatic rings. The first-order valence-corrected chi connectivity index (χ1v) is 7.53. The van der Waals surface area contributed by atoms with E-state index in [-0.39, 0.29) is 39.7 Å². The Morgan fingerprint density at radius 3 is 2.67 bits per heavy atom. The van der Waals surface area contributed by atoms with Gasteiger partial charge in [0.05, 0.1) is 34.4 Å². The highest BCUT2D eigenvalue weighted by Crippen LogP contribution is 2.23. The number of amides is 1. The Morgan fingerprint density at radius 1 is 1.33 bits per heavy atom. The van der Waals surface area contributed by atoms with Crippen LogP contribution in [-0.2, 0) is 14.3 Å². The summed E-state index contributed by atoms with van der Waals surface area (Å²) >= 11 is 6.98. The van der Waals surface area contributed by atoms with E-state index in [1.807, 2.05) is 0 Å². The number of hydrogen-bond acceptors (Lipinski definition) is 5. The number of carbonyl (C=O) groups excluding carboxylic acids is 2. The molecule has 1 amide bonds. The van der Waals surface area contributed by atoms with Gasteiger partial charge in [-0.05, 0) is 25.1 Å². The van der Waals surface area contributed by atoms with E-state index in [0.717, 1.165) is 11.8 Å². The number of carboxylic acid groups (broad SMARTS) is 1. The first-order chi connectivity index (χ1) is 9.93. The lowest BCUT2D eigenvalue weighted by Crippen LogP contribution is -2.16. The largest absolute Gasteiger partial charge is 0.478 e. The number of carbonyl (C=O) groups is 3. The van der Waals surface area contributed by atoms with Crippen molar-refractivity contribution in [2.75, 3.05) is 23.4 Å². The number of hydrogen-bond donors (Lipinski definition) is 2. The average Bonchev–Trinajstić information content (AvgIpc) is 2.41. The number of carboxylic acids is 1. The fourth-order valence-electron chi connectivity index (χ4n) is 1.37. The third-order valence-corrected chi connectivity index (χ3v) is 3.48. The molecule has 0 saturated heterocycles. The van der Waals surface area contributed by atoms with Gasteiger partial charge in [-0.1, -0.05) is 11.6 Å². The van der Waals surface area contributed by atoms with Crippen LogP contribution < -0.4 is 5.32 Å². The van der Waals surface area contributed by atoms with Gasteiger partial charge in [-0.3, -0.25) is 9.59 Å². The minimum Gasteiger partial charge on any atom is -0.478 e. The van der Waals surface area contributed by atoms with Crippen molar-refractivity contribution in [1.82, 2.24) is 0 Å². The van der Waals surface area contributed by atoms with Gasteiger partial charge in [-0.15, -0.1) is 11.8 Å². The van der Waals surface area contributed by atoms with Crippen LogP contribution in [0.15, 0.2) is 18.2 Å². The van der Waals surface area contributed by atoms with Gasteiger partial charge in [-0.2, -0.15) is 0 Å². The molecule has 0 bridgehead atoms. The first-order valence-electron chi connectivity index (χ1n) is 6.00. The van der Waals surface area contributed by atoms with Crippen LogP contribution in [0.25, 0.3) is 0 Å². The number of ether oxygens (including phenoxy) is 1. The van der Waals surface area contributed by atoms with Crippen molar-refractivity contribution >= 4 is 46.9 Å². The van der Waals surface area contributed by atoms with Crippen molar-refractivity contribution < 1.29 is 24.2 Å². The number of aromatic carboxylic acids is 1. The van der Waals surface area contributed by atoms with Gasteiger partial charge in [0.25, 0.3) is 0 Å². The second-order valence-corrected chi connectivity index (χ2v) is 5.24. The summed E-state index contributed by atoms with van der Waals surface area (Å²) in [7, 11) is 0. The standard InChI is InChI=1S/C13H14ClNO5S/c1-2-20-12(17)7-21-6-11(16)15-10-5-8(13(18)19)3-4-9(10)14/h3-5H,2,6-7H2,1H3,(H,15,16)(H,18,19). The molecule has 8 heteroatoms. The van der Waals surface area contributed by atoms with Gasteiger partial charge in [0.2, 0.25) is 5.91 Å². The fraction of sp³-hybridized carbons (Fsp3) is 0.308. The third-order valence-electron chi connectivity index (χ3n) is 2.25. The Morgan fingerprint density at radius 2 is 2.05 bits per heavy atom. The lowest BCUT2D eigenvalue weighted by Gasteiger charge is -2.08. The summed E-state index contributed by atoms with van der Waals surface area (Å²) in [6.07, 6.45) is 0. The molecule has 0 heterocycles. The van der Waals surface area contributed by atoms with Crippen LogP contribution in [0.3, 0.4) is 0 Å². The first kappa shape index (κ1) is 17.3. The van der Waals surface area contributed by atoms with Crippen LogP contribution in [0, 0.1) is 0 Å². The molecule has 114 valence electrons. The quantitative estimate of drug-likeness (QED) is 0.745. The van der Waals surface area contributed by atoms with Gasteiger partial charge in [0.1, 0.15) is 0 Å². The second kappa shape index (κ2) is 8.53. The summed E-state index contributed by atoms with van der Waals surface area (Å²) in [4.78, 5) is 33.6. The Labute approximate surface area is 130 Å². The predicted molar refractivity (Wildman–Crippen MR) is 81.0 cm³/mol. The highest BCUT2D eigenvalue weighted by atomic mass is 35.5. The zero-order valence-electron chi connectivity index (χ0n) is 11.2. The van der Waals surface area contributed by atoms with E-state index in [4.69, 9.17) is 21.4 Å². The molecular formula is C13H14ClNO5S. The molecule has 0 radical (unpaired) electrons. The lowest BCUT2D eigenvalue weighted by molar-refractivity contribution is -0.139. The van der Waals surface area contributed by atoms with Gasteiger partial charge in [0, 0.05) is 0 Å². The molecule has 0 unspecified atom stereocenters. The van der Waals surface area contributed by atoms with Gasteiger partial charge in [-0.25, -0.2) is 4.79 Å². The highest BCUT2D eigenvalue weighted by Gasteiger charge is 2.11. The van der Waals surface area contributed by atoms with Crippen molar-refractivity contribution in [1.29, 1.82) is 0 Å². The Kier molecular flexibility index (Phi) is 7.04. The van der Waals surface area contributed by atoms with Crippen LogP contribution >= 0.6 is 23.4 Å². The molecule has 0 aliphatic carbocycles. The van der Waals surface area contributed by atoms with E-state index in [9.17, 15) is 14.4 Å². The monoisotopic (exact) mass is 331 g/mol. The van der Waals surface area contributed by atoms with Gasteiger partial charge < -0.3 is 15.2 Å². The fourth-order valence-corrected chi connectivity index (χ4v) is 2.14. The number of halogens is 1. The molecule has 0 aliphatic heterocycles. The summed E-state index contributed by atoms with van der Waals surface area (Å²) in [5.41, 5.74) is 0.243. The second-order valence-electron chi connectivity index (χ2n) is 3.85. The van der Waals surface area contributed by atoms with E-state index < -0.39 is 5.97 Å². The Hall–Kier alpha value is -1.73. The SMILES string of the molecule is CCOC(=O)CSCC(=O)Nc1cc(C(=O)O)ccc1Cl. The summed E-state index contributed by atoms with van der Waals surface area (Å²) in [6.45, 7) is 2.00. The molecule has 6 nitrogen and oxygen atoms in total. The van der Waals surface area contributed by atoms with E-state index in [0.29, 0.717) is 6.61 Å². The molecular weight excluding hydrogens is 318 g/mol. The van der Waals surface area contributed by atoms with E-state index >= 15 is 0 Å². The highest BCUT2D eigenvalue weighted by molar-refractivity contribution is 8.00. The van der Waals surface area contributed by atoms with Crippen molar-refractivity contribution in [2.24, 2.45) is 0 Å². The molecule has 0 saturated carbocycles. The third kappa shape index (κ3) is 6.05. The number of benzene rings is 1.